The van der Waals surface area contributed by atoms with E-state index >= 15 is 0 Å². The monoisotopic (exact) mass is 487 g/mol. The molecule has 186 valence electrons. The van der Waals surface area contributed by atoms with Crippen molar-refractivity contribution in [2.45, 2.75) is 38.6 Å². The minimum Gasteiger partial charge on any atom is -0.493 e. The van der Waals surface area contributed by atoms with Gasteiger partial charge in [0, 0.05) is 29.4 Å². The molecule has 1 aromatic heterocycles. The van der Waals surface area contributed by atoms with Crippen LogP contribution in [-0.4, -0.2) is 37.1 Å². The van der Waals surface area contributed by atoms with Gasteiger partial charge in [0.25, 0.3) is 0 Å². The van der Waals surface area contributed by atoms with Gasteiger partial charge in [-0.05, 0) is 68.0 Å². The lowest BCUT2D eigenvalue weighted by Crippen LogP contribution is -2.77. The zero-order chi connectivity index (χ0) is 25.1. The number of carbonyl (C=O) groups is 2. The zero-order valence-corrected chi connectivity index (χ0v) is 20.6. The topological polar surface area (TPSA) is 98.8 Å². The van der Waals surface area contributed by atoms with E-state index in [1.165, 1.54) is 0 Å². The second-order valence-corrected chi connectivity index (χ2v) is 10.2. The number of nitrogens with one attached hydrogen (secondary N) is 2. The largest absolute Gasteiger partial charge is 0.493 e. The molecular weight excluding hydrogens is 458 g/mol. The molecule has 0 radical (unpaired) electrons. The molecule has 8 heteroatoms. The minimum absolute atomic E-state index is 0.00839. The van der Waals surface area contributed by atoms with Gasteiger partial charge in [0.05, 0.1) is 30.6 Å². The molecule has 2 aromatic carbocycles. The number of benzene rings is 2. The highest BCUT2D eigenvalue weighted by Gasteiger charge is 2.80. The summed E-state index contributed by atoms with van der Waals surface area (Å²) in [7, 11) is 3.17. The molecule has 2 amide bonds. The highest BCUT2D eigenvalue weighted by Crippen LogP contribution is 2.77. The van der Waals surface area contributed by atoms with Gasteiger partial charge in [0.2, 0.25) is 11.8 Å². The van der Waals surface area contributed by atoms with Crippen molar-refractivity contribution < 1.29 is 23.8 Å². The van der Waals surface area contributed by atoms with Crippen LogP contribution in [0.3, 0.4) is 0 Å². The number of anilines is 1. The van der Waals surface area contributed by atoms with Gasteiger partial charge in [-0.1, -0.05) is 6.92 Å². The molecule has 2 N–H and O–H groups in total. The molecule has 4 fully saturated rings. The number of hydrogen-bond acceptors (Lipinski definition) is 6. The molecule has 8 nitrogen and oxygen atoms in total. The fourth-order valence-corrected chi connectivity index (χ4v) is 5.75. The standard InChI is InChI=1S/C28H29N3O5/c1-16-27(25(32)30-17-4-5-17)14-28(16,15-27)26(33)31-18-6-8-19(9-7-18)36-22-10-11-29-21-13-24(35-3)23(34-2)12-20(21)22/h6-13,16-17H,4-5,14-15H2,1-3H3,(H,30,32)(H,31,33). The summed E-state index contributed by atoms with van der Waals surface area (Å²) in [4.78, 5) is 30.1. The number of ether oxygens (including phenoxy) is 3. The Kier molecular flexibility index (Phi) is 5.10. The van der Waals surface area contributed by atoms with Crippen LogP contribution in [0, 0.1) is 16.7 Å². The second kappa shape index (κ2) is 8.11. The van der Waals surface area contributed by atoms with Crippen LogP contribution in [0.1, 0.15) is 32.6 Å². The van der Waals surface area contributed by atoms with Gasteiger partial charge >= 0.3 is 0 Å². The molecule has 1 unspecified atom stereocenters. The number of hydrogen-bond donors (Lipinski definition) is 2. The van der Waals surface area contributed by atoms with Crippen LogP contribution in [0.15, 0.2) is 48.7 Å². The van der Waals surface area contributed by atoms with Crippen LogP contribution >= 0.6 is 0 Å². The zero-order valence-electron chi connectivity index (χ0n) is 20.6. The number of nitrogens with zero attached hydrogens (tertiary/aromatic N) is 1. The molecule has 1 heterocycles. The van der Waals surface area contributed by atoms with Crippen molar-refractivity contribution in [1.82, 2.24) is 10.3 Å². The van der Waals surface area contributed by atoms with E-state index in [0.29, 0.717) is 47.6 Å². The van der Waals surface area contributed by atoms with E-state index in [1.807, 2.05) is 43.3 Å². The Balaban J connectivity index is 1.12. The predicted octanol–water partition coefficient (Wildman–Crippen LogP) is 4.68. The molecular formula is C28H29N3O5. The van der Waals surface area contributed by atoms with Gasteiger partial charge in [-0.2, -0.15) is 0 Å². The number of carbonyl (C=O) groups excluding carboxylic acids is 2. The van der Waals surface area contributed by atoms with Gasteiger partial charge in [-0.25, -0.2) is 0 Å². The average molecular weight is 488 g/mol. The molecule has 0 saturated heterocycles. The smallest absolute Gasteiger partial charge is 0.230 e. The van der Waals surface area contributed by atoms with E-state index < -0.39 is 5.41 Å². The first-order valence-electron chi connectivity index (χ1n) is 12.3. The maximum absolute atomic E-state index is 13.1. The summed E-state index contributed by atoms with van der Waals surface area (Å²) in [5.74, 6) is 2.64. The van der Waals surface area contributed by atoms with Crippen LogP contribution in [0.5, 0.6) is 23.0 Å². The Bertz CT molecular complexity index is 1360. The van der Waals surface area contributed by atoms with E-state index in [0.717, 1.165) is 23.7 Å². The summed E-state index contributed by atoms with van der Waals surface area (Å²) in [5, 5.41) is 6.96. The summed E-state index contributed by atoms with van der Waals surface area (Å²) in [6.45, 7) is 2.03. The summed E-state index contributed by atoms with van der Waals surface area (Å²) in [5.41, 5.74) is 0.640. The Morgan fingerprint density at radius 1 is 0.917 bits per heavy atom. The van der Waals surface area contributed by atoms with Crippen molar-refractivity contribution in [3.05, 3.63) is 48.7 Å². The maximum Gasteiger partial charge on any atom is 0.230 e. The van der Waals surface area contributed by atoms with Crippen LogP contribution in [0.25, 0.3) is 10.9 Å². The van der Waals surface area contributed by atoms with Crippen LogP contribution < -0.4 is 24.8 Å². The van der Waals surface area contributed by atoms with E-state index in [9.17, 15) is 9.59 Å². The third-order valence-electron chi connectivity index (χ3n) is 8.28. The fourth-order valence-electron chi connectivity index (χ4n) is 5.75. The summed E-state index contributed by atoms with van der Waals surface area (Å²) < 4.78 is 16.9. The van der Waals surface area contributed by atoms with Crippen LogP contribution in [-0.2, 0) is 9.59 Å². The first-order chi connectivity index (χ1) is 17.4. The molecule has 4 aliphatic carbocycles. The Labute approximate surface area is 209 Å². The number of aromatic nitrogens is 1. The average Bonchev–Trinajstić information content (AvgIpc) is 3.67. The van der Waals surface area contributed by atoms with Crippen molar-refractivity contribution in [3.63, 3.8) is 0 Å². The molecule has 0 aliphatic heterocycles. The summed E-state index contributed by atoms with van der Waals surface area (Å²) in [6, 6.07) is 13.1. The predicted molar refractivity (Wildman–Crippen MR) is 134 cm³/mol. The highest BCUT2D eigenvalue weighted by molar-refractivity contribution is 6.02. The lowest BCUT2D eigenvalue weighted by Gasteiger charge is -2.73. The molecule has 1 atom stereocenters. The molecule has 36 heavy (non-hydrogen) atoms. The minimum atomic E-state index is -0.438. The Hall–Kier alpha value is -3.81. The highest BCUT2D eigenvalue weighted by atomic mass is 16.5. The number of pyridine rings is 1. The lowest BCUT2D eigenvalue weighted by molar-refractivity contribution is -0.244. The number of rotatable bonds is 8. The number of fused-ring (bicyclic) bond motifs is 1. The third-order valence-corrected chi connectivity index (χ3v) is 8.28. The lowest BCUT2D eigenvalue weighted by atomic mass is 9.29. The van der Waals surface area contributed by atoms with E-state index in [4.69, 9.17) is 14.2 Å². The SMILES string of the molecule is COc1cc2nccc(Oc3ccc(NC(=O)C45CC(C(=O)NC6CC6)(C4)C5C)cc3)c2cc1OC. The first kappa shape index (κ1) is 22.6. The third kappa shape index (κ3) is 3.38. The Morgan fingerprint density at radius 3 is 2.22 bits per heavy atom. The van der Waals surface area contributed by atoms with Gasteiger partial charge in [0.1, 0.15) is 11.5 Å². The van der Waals surface area contributed by atoms with Crippen LogP contribution in [0.4, 0.5) is 5.69 Å². The molecule has 7 rings (SSSR count). The van der Waals surface area contributed by atoms with Gasteiger partial charge < -0.3 is 24.8 Å². The fraction of sp³-hybridized carbons (Fsp3) is 0.393. The van der Waals surface area contributed by atoms with E-state index in [-0.39, 0.29) is 23.1 Å². The first-order valence-corrected chi connectivity index (χ1v) is 12.3. The van der Waals surface area contributed by atoms with Gasteiger partial charge in [-0.3, -0.25) is 14.6 Å². The maximum atomic E-state index is 13.1. The van der Waals surface area contributed by atoms with Crippen molar-refractivity contribution in [3.8, 4) is 23.0 Å². The van der Waals surface area contributed by atoms with Crippen LogP contribution in [0.2, 0.25) is 0 Å². The molecule has 0 spiro atoms. The van der Waals surface area contributed by atoms with Crippen molar-refractivity contribution in [1.29, 1.82) is 0 Å². The number of methoxy groups -OCH3 is 2. The van der Waals surface area contributed by atoms with Crippen molar-refractivity contribution in [2.75, 3.05) is 19.5 Å². The normalized spacial score (nSPS) is 25.8. The van der Waals surface area contributed by atoms with Crippen molar-refractivity contribution in [2.24, 2.45) is 16.7 Å². The van der Waals surface area contributed by atoms with Gasteiger partial charge in [-0.15, -0.1) is 0 Å². The van der Waals surface area contributed by atoms with E-state index in [2.05, 4.69) is 15.6 Å². The van der Waals surface area contributed by atoms with E-state index in [1.54, 1.807) is 26.5 Å². The summed E-state index contributed by atoms with van der Waals surface area (Å²) >= 11 is 0. The molecule has 4 saturated carbocycles. The molecule has 3 aromatic rings. The molecule has 4 aliphatic rings. The Morgan fingerprint density at radius 2 is 1.58 bits per heavy atom. The van der Waals surface area contributed by atoms with Gasteiger partial charge in [0.15, 0.2) is 11.5 Å². The number of amides is 2. The summed E-state index contributed by atoms with van der Waals surface area (Å²) in [6.07, 6.45) is 5.09. The molecule has 2 bridgehead atoms. The second-order valence-electron chi connectivity index (χ2n) is 10.2. The quantitative estimate of drug-likeness (QED) is 0.479. The van der Waals surface area contributed by atoms with Crippen molar-refractivity contribution >= 4 is 28.4 Å².